The zero-order chi connectivity index (χ0) is 23.3. The van der Waals surface area contributed by atoms with Crippen molar-refractivity contribution in [1.29, 1.82) is 0 Å². The summed E-state index contributed by atoms with van der Waals surface area (Å²) in [7, 11) is 0. The number of carbonyl (C=O) groups excluding carboxylic acids is 3. The molecule has 0 bridgehead atoms. The Morgan fingerprint density at radius 2 is 1.90 bits per heavy atom. The summed E-state index contributed by atoms with van der Waals surface area (Å²) < 4.78 is 10.7. The van der Waals surface area contributed by atoms with E-state index in [0.29, 0.717) is 6.42 Å². The molecule has 0 fully saturated rings. The van der Waals surface area contributed by atoms with Crippen LogP contribution in [0.3, 0.4) is 0 Å². The summed E-state index contributed by atoms with van der Waals surface area (Å²) in [6, 6.07) is 0. The maximum Gasteiger partial charge on any atom is 0.303 e. The normalized spacial score (nSPS) is 20.6. The summed E-state index contributed by atoms with van der Waals surface area (Å²) in [6.45, 7) is 4.66. The third kappa shape index (κ3) is 9.59. The van der Waals surface area contributed by atoms with E-state index in [0.717, 1.165) is 25.7 Å². The van der Waals surface area contributed by atoms with Crippen molar-refractivity contribution < 1.29 is 33.8 Å². The zero-order valence-electron chi connectivity index (χ0n) is 18.5. The maximum absolute atomic E-state index is 12.4. The number of carbonyl (C=O) groups is 4. The molecule has 0 heterocycles. The number of ether oxygens (including phenoxy) is 2. The summed E-state index contributed by atoms with van der Waals surface area (Å²) in [5.74, 6) is -2.32. The highest BCUT2D eigenvalue weighted by atomic mass is 16.6. The number of hydrogen-bond acceptors (Lipinski definition) is 6. The van der Waals surface area contributed by atoms with Gasteiger partial charge in [-0.05, 0) is 37.5 Å². The lowest BCUT2D eigenvalue weighted by atomic mass is 9.91. The highest BCUT2D eigenvalue weighted by Gasteiger charge is 2.41. The smallest absolute Gasteiger partial charge is 0.303 e. The molecule has 1 aliphatic carbocycles. The lowest BCUT2D eigenvalue weighted by molar-refractivity contribution is -0.149. The quantitative estimate of drug-likeness (QED) is 0.201. The van der Waals surface area contributed by atoms with Crippen molar-refractivity contribution in [3.8, 4) is 0 Å². The van der Waals surface area contributed by atoms with Crippen LogP contribution in [0, 0.1) is 0 Å². The SMILES string of the molecule is CCCCC/C=C\C[C@]1(OC(C)=O)C=CC(=O)C1=C/C=C\[C@H](CCC(=O)O)OC(C)=O. The number of ketones is 1. The molecule has 0 saturated carbocycles. The number of hydrogen-bond donors (Lipinski definition) is 1. The van der Waals surface area contributed by atoms with Crippen LogP contribution in [0.2, 0.25) is 0 Å². The van der Waals surface area contributed by atoms with Crippen LogP contribution in [0.25, 0.3) is 0 Å². The number of rotatable bonds is 13. The predicted molar refractivity (Wildman–Crippen MR) is 116 cm³/mol. The molecule has 0 amide bonds. The molecule has 0 unspecified atom stereocenters. The highest BCUT2D eigenvalue weighted by Crippen LogP contribution is 2.34. The van der Waals surface area contributed by atoms with Crippen LogP contribution in [0.15, 0.2) is 48.1 Å². The number of aliphatic carboxylic acids is 1. The van der Waals surface area contributed by atoms with Crippen LogP contribution < -0.4 is 0 Å². The Balaban J connectivity index is 3.03. The Hall–Kier alpha value is -2.96. The second-order valence-corrected chi connectivity index (χ2v) is 7.40. The van der Waals surface area contributed by atoms with Crippen molar-refractivity contribution in [1.82, 2.24) is 0 Å². The minimum Gasteiger partial charge on any atom is -0.481 e. The minimum atomic E-state index is -1.19. The average molecular weight is 433 g/mol. The molecule has 0 aliphatic heterocycles. The molecule has 7 nitrogen and oxygen atoms in total. The Bertz CT molecular complexity index is 773. The third-order valence-corrected chi connectivity index (χ3v) is 4.66. The average Bonchev–Trinajstić information content (AvgIpc) is 2.97. The van der Waals surface area contributed by atoms with Gasteiger partial charge in [0.15, 0.2) is 11.4 Å². The summed E-state index contributed by atoms with van der Waals surface area (Å²) in [5, 5.41) is 8.85. The van der Waals surface area contributed by atoms with Crippen LogP contribution in [0.5, 0.6) is 0 Å². The first kappa shape index (κ1) is 26.1. The van der Waals surface area contributed by atoms with E-state index >= 15 is 0 Å². The topological polar surface area (TPSA) is 107 Å². The Kier molecular flexibility index (Phi) is 11.2. The van der Waals surface area contributed by atoms with E-state index in [1.807, 2.05) is 12.2 Å². The number of carboxylic acids is 1. The Morgan fingerprint density at radius 1 is 1.16 bits per heavy atom. The van der Waals surface area contributed by atoms with Gasteiger partial charge < -0.3 is 14.6 Å². The van der Waals surface area contributed by atoms with Gasteiger partial charge in [-0.15, -0.1) is 0 Å². The number of allylic oxidation sites excluding steroid dienone is 4. The molecule has 31 heavy (non-hydrogen) atoms. The lowest BCUT2D eigenvalue weighted by Gasteiger charge is -2.27. The van der Waals surface area contributed by atoms with E-state index in [4.69, 9.17) is 14.6 Å². The molecule has 0 aromatic carbocycles. The van der Waals surface area contributed by atoms with Gasteiger partial charge in [-0.2, -0.15) is 0 Å². The van der Waals surface area contributed by atoms with Crippen LogP contribution >= 0.6 is 0 Å². The minimum absolute atomic E-state index is 0.108. The Labute approximate surface area is 183 Å². The summed E-state index contributed by atoms with van der Waals surface area (Å²) in [4.78, 5) is 46.2. The van der Waals surface area contributed by atoms with Crippen LogP contribution in [0.4, 0.5) is 0 Å². The van der Waals surface area contributed by atoms with Crippen molar-refractivity contribution >= 4 is 23.7 Å². The predicted octanol–water partition coefficient (Wildman–Crippen LogP) is 4.23. The van der Waals surface area contributed by atoms with E-state index in [1.54, 1.807) is 6.08 Å². The van der Waals surface area contributed by atoms with Crippen LogP contribution in [-0.4, -0.2) is 40.5 Å². The fraction of sp³-hybridized carbons (Fsp3) is 0.500. The Morgan fingerprint density at radius 3 is 2.52 bits per heavy atom. The molecule has 7 heteroatoms. The van der Waals surface area contributed by atoms with Gasteiger partial charge in [0.25, 0.3) is 0 Å². The number of unbranched alkanes of at least 4 members (excludes halogenated alkanes) is 3. The molecular formula is C24H32O7. The van der Waals surface area contributed by atoms with Gasteiger partial charge in [-0.1, -0.05) is 44.1 Å². The second kappa shape index (κ2) is 13.4. The van der Waals surface area contributed by atoms with Gasteiger partial charge in [0.2, 0.25) is 0 Å². The number of esters is 2. The molecule has 1 aliphatic rings. The van der Waals surface area contributed by atoms with E-state index < -0.39 is 29.6 Å². The maximum atomic E-state index is 12.4. The monoisotopic (exact) mass is 432 g/mol. The molecular weight excluding hydrogens is 400 g/mol. The zero-order valence-corrected chi connectivity index (χ0v) is 18.5. The van der Waals surface area contributed by atoms with Gasteiger partial charge in [0.1, 0.15) is 6.10 Å². The first-order valence-corrected chi connectivity index (χ1v) is 10.6. The van der Waals surface area contributed by atoms with E-state index in [1.165, 1.54) is 38.2 Å². The van der Waals surface area contributed by atoms with Crippen molar-refractivity contribution in [2.24, 2.45) is 0 Å². The van der Waals surface area contributed by atoms with Crippen molar-refractivity contribution in [3.05, 3.63) is 48.1 Å². The summed E-state index contributed by atoms with van der Waals surface area (Å²) >= 11 is 0. The second-order valence-electron chi connectivity index (χ2n) is 7.40. The molecule has 0 spiro atoms. The fourth-order valence-corrected chi connectivity index (χ4v) is 3.22. The van der Waals surface area contributed by atoms with Crippen molar-refractivity contribution in [3.63, 3.8) is 0 Å². The standard InChI is InChI=1S/C24H32O7/c1-4-5-6-7-8-9-16-24(31-19(3)26)17-15-22(27)21(24)12-10-11-20(30-18(2)25)13-14-23(28)29/h8-12,15,17,20H,4-7,13-14,16H2,1-3H3,(H,28,29)/b9-8-,11-10-,21-12?/t20-,24+/m1/s1. The molecule has 0 radical (unpaired) electrons. The van der Waals surface area contributed by atoms with Gasteiger partial charge in [-0.25, -0.2) is 0 Å². The van der Waals surface area contributed by atoms with E-state index in [2.05, 4.69) is 6.92 Å². The van der Waals surface area contributed by atoms with E-state index in [-0.39, 0.29) is 24.2 Å². The summed E-state index contributed by atoms with van der Waals surface area (Å²) in [6.07, 6.45) is 15.2. The van der Waals surface area contributed by atoms with Gasteiger partial charge in [0, 0.05) is 32.3 Å². The summed E-state index contributed by atoms with van der Waals surface area (Å²) in [5.41, 5.74) is -0.899. The van der Waals surface area contributed by atoms with Crippen molar-refractivity contribution in [2.75, 3.05) is 0 Å². The molecule has 1 rings (SSSR count). The highest BCUT2D eigenvalue weighted by molar-refractivity contribution is 6.09. The van der Waals surface area contributed by atoms with Gasteiger partial charge in [0.05, 0.1) is 0 Å². The first-order chi connectivity index (χ1) is 14.7. The third-order valence-electron chi connectivity index (χ3n) is 4.66. The fourth-order valence-electron chi connectivity index (χ4n) is 3.22. The molecule has 1 N–H and O–H groups in total. The van der Waals surface area contributed by atoms with Crippen LogP contribution in [0.1, 0.15) is 65.7 Å². The first-order valence-electron chi connectivity index (χ1n) is 10.6. The van der Waals surface area contributed by atoms with Crippen LogP contribution in [-0.2, 0) is 28.7 Å². The molecule has 0 saturated heterocycles. The molecule has 0 aromatic rings. The van der Waals surface area contributed by atoms with Gasteiger partial charge in [-0.3, -0.25) is 19.2 Å². The molecule has 2 atom stereocenters. The van der Waals surface area contributed by atoms with E-state index in [9.17, 15) is 19.2 Å². The molecule has 170 valence electrons. The van der Waals surface area contributed by atoms with Gasteiger partial charge >= 0.3 is 17.9 Å². The largest absolute Gasteiger partial charge is 0.481 e. The number of carboxylic acid groups (broad SMARTS) is 1. The lowest BCUT2D eigenvalue weighted by Crippen LogP contribution is -2.33. The molecule has 0 aromatic heterocycles. The van der Waals surface area contributed by atoms with Crippen molar-refractivity contribution in [2.45, 2.75) is 77.4 Å².